The van der Waals surface area contributed by atoms with Gasteiger partial charge in [0.2, 0.25) is 10.0 Å². The Morgan fingerprint density at radius 2 is 2.00 bits per heavy atom. The minimum absolute atomic E-state index is 0.144. The van der Waals surface area contributed by atoms with Gasteiger partial charge in [-0.3, -0.25) is 0 Å². The number of hydrogen-bond acceptors (Lipinski definition) is 3. The van der Waals surface area contributed by atoms with Gasteiger partial charge in [0.05, 0.1) is 0 Å². The van der Waals surface area contributed by atoms with Crippen molar-refractivity contribution in [2.75, 3.05) is 19.6 Å². The summed E-state index contributed by atoms with van der Waals surface area (Å²) in [4.78, 5) is 0. The van der Waals surface area contributed by atoms with Gasteiger partial charge in [-0.05, 0) is 30.5 Å². The number of nitrogens with zero attached hydrogens (tertiary/aromatic N) is 1. The van der Waals surface area contributed by atoms with Crippen LogP contribution >= 0.6 is 0 Å². The van der Waals surface area contributed by atoms with Gasteiger partial charge in [0, 0.05) is 24.5 Å². The maximum absolute atomic E-state index is 12.4. The van der Waals surface area contributed by atoms with E-state index in [-0.39, 0.29) is 6.04 Å². The van der Waals surface area contributed by atoms with Crippen molar-refractivity contribution in [3.8, 4) is 0 Å². The van der Waals surface area contributed by atoms with E-state index in [1.54, 1.807) is 10.4 Å². The first-order valence-electron chi connectivity index (χ1n) is 6.62. The lowest BCUT2D eigenvalue weighted by atomic mass is 10.1. The maximum Gasteiger partial charge on any atom is 0.236 e. The van der Waals surface area contributed by atoms with Crippen molar-refractivity contribution in [3.63, 3.8) is 0 Å². The fourth-order valence-corrected chi connectivity index (χ4v) is 4.40. The predicted octanol–water partition coefficient (Wildman–Crippen LogP) is 1.28. The number of hydrogen-bond donors (Lipinski definition) is 1. The van der Waals surface area contributed by atoms with Gasteiger partial charge in [0.1, 0.15) is 0 Å². The quantitative estimate of drug-likeness (QED) is 0.906. The lowest BCUT2D eigenvalue weighted by molar-refractivity contribution is 0.388. The topological polar surface area (TPSA) is 49.4 Å². The first-order chi connectivity index (χ1) is 9.17. The zero-order chi connectivity index (χ0) is 13.3. The fourth-order valence-electron chi connectivity index (χ4n) is 2.93. The van der Waals surface area contributed by atoms with Crippen LogP contribution in [0.1, 0.15) is 12.0 Å². The summed E-state index contributed by atoms with van der Waals surface area (Å²) in [5.74, 6) is 0.486. The van der Waals surface area contributed by atoms with E-state index < -0.39 is 10.0 Å². The molecule has 0 saturated carbocycles. The molecule has 0 radical (unpaired) electrons. The van der Waals surface area contributed by atoms with Crippen molar-refractivity contribution < 1.29 is 8.42 Å². The van der Waals surface area contributed by atoms with Crippen LogP contribution in [0.2, 0.25) is 0 Å². The van der Waals surface area contributed by atoms with E-state index in [0.717, 1.165) is 25.1 Å². The van der Waals surface area contributed by atoms with Crippen molar-refractivity contribution in [2.24, 2.45) is 5.92 Å². The van der Waals surface area contributed by atoms with Crippen LogP contribution in [0.4, 0.5) is 0 Å². The molecule has 4 nitrogen and oxygen atoms in total. The Hall–Kier alpha value is -1.17. The van der Waals surface area contributed by atoms with Crippen molar-refractivity contribution in [1.29, 1.82) is 0 Å². The van der Waals surface area contributed by atoms with Crippen LogP contribution in [-0.2, 0) is 10.0 Å². The molecule has 2 heterocycles. The average Bonchev–Trinajstić information content (AvgIpc) is 3.00. The zero-order valence-electron chi connectivity index (χ0n) is 10.7. The van der Waals surface area contributed by atoms with Gasteiger partial charge in [0.25, 0.3) is 0 Å². The Balaban J connectivity index is 1.78. The van der Waals surface area contributed by atoms with Crippen LogP contribution in [-0.4, -0.2) is 38.4 Å². The van der Waals surface area contributed by atoms with Gasteiger partial charge in [-0.15, -0.1) is 0 Å². The molecule has 2 fully saturated rings. The highest BCUT2D eigenvalue weighted by Crippen LogP contribution is 2.30. The minimum Gasteiger partial charge on any atom is -0.315 e. The average molecular weight is 278 g/mol. The molecule has 0 spiro atoms. The zero-order valence-corrected chi connectivity index (χ0v) is 11.5. The van der Waals surface area contributed by atoms with E-state index in [1.165, 1.54) is 5.41 Å². The third kappa shape index (κ3) is 2.59. The molecular formula is C14H18N2O2S. The first-order valence-corrected chi connectivity index (χ1v) is 8.13. The van der Waals surface area contributed by atoms with Crippen molar-refractivity contribution in [2.45, 2.75) is 12.5 Å². The monoisotopic (exact) mass is 278 g/mol. The number of rotatable bonds is 3. The third-order valence-electron chi connectivity index (χ3n) is 3.95. The Morgan fingerprint density at radius 3 is 2.79 bits per heavy atom. The molecule has 1 aromatic carbocycles. The van der Waals surface area contributed by atoms with E-state index >= 15 is 0 Å². The molecule has 1 N–H and O–H groups in total. The summed E-state index contributed by atoms with van der Waals surface area (Å²) >= 11 is 0. The van der Waals surface area contributed by atoms with Gasteiger partial charge in [0.15, 0.2) is 0 Å². The molecule has 2 aliphatic rings. The van der Waals surface area contributed by atoms with Crippen LogP contribution in [0, 0.1) is 5.92 Å². The largest absolute Gasteiger partial charge is 0.315 e. The van der Waals surface area contributed by atoms with Crippen LogP contribution < -0.4 is 5.32 Å². The summed E-state index contributed by atoms with van der Waals surface area (Å²) in [6, 6.07) is 9.66. The summed E-state index contributed by atoms with van der Waals surface area (Å²) in [6.07, 6.45) is 2.64. The van der Waals surface area contributed by atoms with Gasteiger partial charge in [-0.25, -0.2) is 8.42 Å². The summed E-state index contributed by atoms with van der Waals surface area (Å²) in [6.45, 7) is 2.38. The van der Waals surface area contributed by atoms with Gasteiger partial charge in [-0.2, -0.15) is 4.31 Å². The summed E-state index contributed by atoms with van der Waals surface area (Å²) in [5, 5.41) is 4.61. The second-order valence-electron chi connectivity index (χ2n) is 5.14. The molecule has 2 saturated heterocycles. The first kappa shape index (κ1) is 12.8. The van der Waals surface area contributed by atoms with E-state index in [9.17, 15) is 8.42 Å². The van der Waals surface area contributed by atoms with E-state index in [2.05, 4.69) is 5.32 Å². The number of nitrogens with one attached hydrogen (secondary N) is 1. The molecule has 2 atom stereocenters. The van der Waals surface area contributed by atoms with Crippen LogP contribution in [0.25, 0.3) is 6.08 Å². The van der Waals surface area contributed by atoms with Gasteiger partial charge in [-0.1, -0.05) is 30.3 Å². The molecule has 0 aliphatic carbocycles. The summed E-state index contributed by atoms with van der Waals surface area (Å²) < 4.78 is 26.4. The van der Waals surface area contributed by atoms with Gasteiger partial charge >= 0.3 is 0 Å². The highest BCUT2D eigenvalue weighted by molar-refractivity contribution is 7.92. The molecule has 3 rings (SSSR count). The van der Waals surface area contributed by atoms with E-state index in [0.29, 0.717) is 12.5 Å². The summed E-state index contributed by atoms with van der Waals surface area (Å²) in [7, 11) is -3.30. The Bertz CT molecular complexity index is 568. The normalized spacial score (nSPS) is 28.0. The molecule has 0 bridgehead atoms. The lowest BCUT2D eigenvalue weighted by Gasteiger charge is -2.20. The van der Waals surface area contributed by atoms with Crippen LogP contribution in [0.3, 0.4) is 0 Å². The predicted molar refractivity (Wildman–Crippen MR) is 75.9 cm³/mol. The molecule has 0 unspecified atom stereocenters. The second-order valence-corrected chi connectivity index (χ2v) is 6.91. The van der Waals surface area contributed by atoms with Gasteiger partial charge < -0.3 is 5.32 Å². The SMILES string of the molecule is O=S(=O)(/C=C/c1ccccc1)N1CC[C@H]2CNC[C@H]21. The van der Waals surface area contributed by atoms with Crippen molar-refractivity contribution in [1.82, 2.24) is 9.62 Å². The van der Waals surface area contributed by atoms with Crippen LogP contribution in [0.15, 0.2) is 35.7 Å². The molecule has 0 amide bonds. The standard InChI is InChI=1S/C14H18N2O2S/c17-19(18,9-7-12-4-2-1-3-5-12)16-8-6-13-10-15-11-14(13)16/h1-5,7,9,13-15H,6,8,10-11H2/b9-7+/t13-,14+/m0/s1. The Labute approximate surface area is 114 Å². The minimum atomic E-state index is -3.30. The fraction of sp³-hybridized carbons (Fsp3) is 0.429. The van der Waals surface area contributed by atoms with Crippen LogP contribution in [0.5, 0.6) is 0 Å². The number of benzene rings is 1. The second kappa shape index (κ2) is 5.07. The Kier molecular flexibility index (Phi) is 3.43. The van der Waals surface area contributed by atoms with Crippen molar-refractivity contribution >= 4 is 16.1 Å². The molecule has 2 aliphatic heterocycles. The molecule has 19 heavy (non-hydrogen) atoms. The smallest absolute Gasteiger partial charge is 0.236 e. The van der Waals surface area contributed by atoms with E-state index in [1.807, 2.05) is 30.3 Å². The highest BCUT2D eigenvalue weighted by Gasteiger charge is 2.42. The van der Waals surface area contributed by atoms with Crippen molar-refractivity contribution in [3.05, 3.63) is 41.3 Å². The van der Waals surface area contributed by atoms with E-state index in [4.69, 9.17) is 0 Å². The summed E-state index contributed by atoms with van der Waals surface area (Å²) in [5.41, 5.74) is 0.909. The number of sulfonamides is 1. The Morgan fingerprint density at radius 1 is 1.21 bits per heavy atom. The maximum atomic E-state index is 12.4. The highest BCUT2D eigenvalue weighted by atomic mass is 32.2. The molecule has 102 valence electrons. The molecule has 5 heteroatoms. The molecular weight excluding hydrogens is 260 g/mol. The number of fused-ring (bicyclic) bond motifs is 1. The third-order valence-corrected chi connectivity index (χ3v) is 5.54. The molecule has 1 aromatic rings. The molecule has 0 aromatic heterocycles. The lowest BCUT2D eigenvalue weighted by Crippen LogP contribution is -2.37.